The van der Waals surface area contributed by atoms with Crippen molar-refractivity contribution < 1.29 is 22.8 Å². The van der Waals surface area contributed by atoms with E-state index in [1.807, 2.05) is 0 Å². The molecule has 0 aliphatic carbocycles. The van der Waals surface area contributed by atoms with Gasteiger partial charge in [-0.15, -0.1) is 0 Å². The van der Waals surface area contributed by atoms with Crippen LogP contribution < -0.4 is 5.32 Å². The van der Waals surface area contributed by atoms with Crippen molar-refractivity contribution in [2.24, 2.45) is 0 Å². The molecule has 1 unspecified atom stereocenters. The van der Waals surface area contributed by atoms with Crippen LogP contribution in [0, 0.1) is 5.82 Å². The zero-order valence-corrected chi connectivity index (χ0v) is 19.3. The molecule has 3 amide bonds. The van der Waals surface area contributed by atoms with Crippen molar-refractivity contribution in [1.29, 1.82) is 0 Å². The minimum Gasteiger partial charge on any atom is -0.339 e. The van der Waals surface area contributed by atoms with Crippen LogP contribution in [0.1, 0.15) is 28.2 Å². The number of anilines is 1. The van der Waals surface area contributed by atoms with Gasteiger partial charge in [-0.05, 0) is 18.2 Å². The molecule has 0 radical (unpaired) electrons. The van der Waals surface area contributed by atoms with E-state index in [0.29, 0.717) is 43.0 Å². The molecule has 3 aliphatic heterocycles. The molecule has 4 heterocycles. The molecule has 12 heteroatoms. The van der Waals surface area contributed by atoms with E-state index in [1.165, 1.54) is 18.2 Å². The van der Waals surface area contributed by atoms with Crippen LogP contribution in [0.5, 0.6) is 0 Å². The summed E-state index contributed by atoms with van der Waals surface area (Å²) < 4.78 is 42.6. The Kier molecular flexibility index (Phi) is 5.71. The summed E-state index contributed by atoms with van der Waals surface area (Å²) in [7, 11) is 1.66. The number of alkyl halides is 2. The largest absolute Gasteiger partial charge is 0.339 e. The molecule has 182 valence electrons. The first-order valence-corrected chi connectivity index (χ1v) is 11.5. The lowest BCUT2D eigenvalue weighted by molar-refractivity contribution is 0.00539. The summed E-state index contributed by atoms with van der Waals surface area (Å²) in [4.78, 5) is 30.9. The van der Waals surface area contributed by atoms with Gasteiger partial charge in [0.2, 0.25) is 0 Å². The number of urea groups is 1. The predicted octanol–water partition coefficient (Wildman–Crippen LogP) is 3.06. The van der Waals surface area contributed by atoms with Crippen molar-refractivity contribution in [3.8, 4) is 0 Å². The summed E-state index contributed by atoms with van der Waals surface area (Å²) >= 11 is 5.80. The van der Waals surface area contributed by atoms with Gasteiger partial charge in [-0.1, -0.05) is 11.6 Å². The van der Waals surface area contributed by atoms with Gasteiger partial charge in [-0.25, -0.2) is 18.0 Å². The molecular formula is C22H24ClF3N6O2. The number of rotatable bonds is 2. The topological polar surface area (TPSA) is 73.7 Å². The first-order chi connectivity index (χ1) is 16.1. The highest BCUT2D eigenvalue weighted by Gasteiger charge is 2.43. The Morgan fingerprint density at radius 2 is 2.06 bits per heavy atom. The van der Waals surface area contributed by atoms with E-state index in [1.54, 1.807) is 26.4 Å². The van der Waals surface area contributed by atoms with Gasteiger partial charge in [-0.2, -0.15) is 5.10 Å². The number of fused-ring (bicyclic) bond motifs is 3. The second-order valence-electron chi connectivity index (χ2n) is 9.10. The third-order valence-electron chi connectivity index (χ3n) is 6.69. The normalized spacial score (nSPS) is 22.4. The molecule has 0 bridgehead atoms. The Bertz CT molecular complexity index is 1160. The quantitative estimate of drug-likeness (QED) is 0.693. The first-order valence-electron chi connectivity index (χ1n) is 11.1. The molecule has 0 spiro atoms. The summed E-state index contributed by atoms with van der Waals surface area (Å²) in [5, 5.41) is 7.24. The maximum Gasteiger partial charge on any atom is 0.322 e. The molecule has 1 aromatic carbocycles. The number of nitrogens with zero attached hydrogens (tertiary/aromatic N) is 5. The maximum atomic E-state index is 13.8. The van der Waals surface area contributed by atoms with Crippen LogP contribution >= 0.6 is 11.6 Å². The predicted molar refractivity (Wildman–Crippen MR) is 119 cm³/mol. The molecule has 0 saturated carbocycles. The highest BCUT2D eigenvalue weighted by molar-refractivity contribution is 6.31. The first kappa shape index (κ1) is 23.0. The van der Waals surface area contributed by atoms with Crippen molar-refractivity contribution in [2.75, 3.05) is 38.5 Å². The van der Waals surface area contributed by atoms with E-state index >= 15 is 0 Å². The molecule has 1 saturated heterocycles. The summed E-state index contributed by atoms with van der Waals surface area (Å²) in [6, 6.07) is 3.25. The summed E-state index contributed by atoms with van der Waals surface area (Å²) in [5.74, 6) is -3.54. The molecule has 2 aromatic rings. The fourth-order valence-corrected chi connectivity index (χ4v) is 5.07. The summed E-state index contributed by atoms with van der Waals surface area (Å²) in [6.07, 6.45) is 0.267. The van der Waals surface area contributed by atoms with Crippen LogP contribution in [0.3, 0.4) is 0 Å². The van der Waals surface area contributed by atoms with Gasteiger partial charge in [-0.3, -0.25) is 14.4 Å². The Morgan fingerprint density at radius 1 is 1.26 bits per heavy atom. The van der Waals surface area contributed by atoms with Crippen LogP contribution in [-0.4, -0.2) is 81.6 Å². The standard InChI is InChI=1S/C22H24ClF3N6O2/c1-29-9-14(31-7-5-22(25,26)12-31)10-32-19(20(29)33)15-11-30(6-4-18(15)28-32)21(34)27-13-2-3-17(24)16(23)8-13/h2-3,8,14H,4-7,9-12H2,1H3,(H,27,34). The van der Waals surface area contributed by atoms with Crippen molar-refractivity contribution in [2.45, 2.75) is 37.9 Å². The van der Waals surface area contributed by atoms with Gasteiger partial charge in [0.15, 0.2) is 0 Å². The molecular weight excluding hydrogens is 473 g/mol. The van der Waals surface area contributed by atoms with Gasteiger partial charge in [0.25, 0.3) is 11.8 Å². The van der Waals surface area contributed by atoms with Crippen LogP contribution in [0.2, 0.25) is 5.02 Å². The van der Waals surface area contributed by atoms with Crippen molar-refractivity contribution in [3.63, 3.8) is 0 Å². The third kappa shape index (κ3) is 4.22. The Labute approximate surface area is 199 Å². The van der Waals surface area contributed by atoms with Crippen LogP contribution in [0.4, 0.5) is 23.7 Å². The van der Waals surface area contributed by atoms with E-state index in [4.69, 9.17) is 11.6 Å². The molecule has 3 aliphatic rings. The van der Waals surface area contributed by atoms with Gasteiger partial charge in [0.05, 0.1) is 30.4 Å². The van der Waals surface area contributed by atoms with Crippen LogP contribution in [0.25, 0.3) is 0 Å². The fourth-order valence-electron chi connectivity index (χ4n) is 4.89. The lowest BCUT2D eigenvalue weighted by Crippen LogP contribution is -2.44. The molecule has 34 heavy (non-hydrogen) atoms. The van der Waals surface area contributed by atoms with Crippen molar-refractivity contribution in [1.82, 2.24) is 24.5 Å². The second-order valence-corrected chi connectivity index (χ2v) is 9.51. The van der Waals surface area contributed by atoms with E-state index in [2.05, 4.69) is 10.4 Å². The molecule has 8 nitrogen and oxygen atoms in total. The highest BCUT2D eigenvalue weighted by atomic mass is 35.5. The summed E-state index contributed by atoms with van der Waals surface area (Å²) in [5.41, 5.74) is 2.16. The number of halogens is 4. The van der Waals surface area contributed by atoms with Crippen molar-refractivity contribution in [3.05, 3.63) is 46.0 Å². The number of likely N-dealkylation sites (tertiary alicyclic amines) is 1. The minimum atomic E-state index is -2.72. The number of carbonyl (C=O) groups excluding carboxylic acids is 2. The van der Waals surface area contributed by atoms with E-state index < -0.39 is 17.8 Å². The van der Waals surface area contributed by atoms with Gasteiger partial charge in [0, 0.05) is 56.8 Å². The number of amides is 3. The van der Waals surface area contributed by atoms with Gasteiger partial charge >= 0.3 is 6.03 Å². The minimum absolute atomic E-state index is 0.0976. The Hall–Kier alpha value is -2.79. The molecule has 1 fully saturated rings. The number of likely N-dealkylation sites (N-methyl/N-ethyl adjacent to an activating group) is 1. The molecule has 1 atom stereocenters. The van der Waals surface area contributed by atoms with E-state index in [0.717, 1.165) is 5.69 Å². The van der Waals surface area contributed by atoms with Crippen LogP contribution in [0.15, 0.2) is 18.2 Å². The third-order valence-corrected chi connectivity index (χ3v) is 6.98. The monoisotopic (exact) mass is 496 g/mol. The number of hydrogen-bond donors (Lipinski definition) is 1. The number of nitrogens with one attached hydrogen (secondary N) is 1. The average molecular weight is 497 g/mol. The lowest BCUT2D eigenvalue weighted by Gasteiger charge is -2.29. The summed E-state index contributed by atoms with van der Waals surface area (Å²) in [6.45, 7) is 1.17. The lowest BCUT2D eigenvalue weighted by atomic mass is 10.0. The number of benzene rings is 1. The SMILES string of the molecule is CN1CC(N2CCC(F)(F)C2)Cn2nc3c(c2C1=O)CN(C(=O)Nc1ccc(F)c(Cl)c1)CC3. The zero-order chi connectivity index (χ0) is 24.2. The number of aromatic nitrogens is 2. The number of hydrogen-bond acceptors (Lipinski definition) is 4. The Morgan fingerprint density at radius 3 is 2.76 bits per heavy atom. The van der Waals surface area contributed by atoms with Crippen LogP contribution in [-0.2, 0) is 19.5 Å². The van der Waals surface area contributed by atoms with E-state index in [9.17, 15) is 22.8 Å². The number of carbonyl (C=O) groups is 2. The average Bonchev–Trinajstić information content (AvgIpc) is 3.30. The second kappa shape index (κ2) is 8.46. The smallest absolute Gasteiger partial charge is 0.322 e. The van der Waals surface area contributed by atoms with E-state index in [-0.39, 0.29) is 43.0 Å². The maximum absolute atomic E-state index is 13.8. The fraction of sp³-hybridized carbons (Fsp3) is 0.500. The van der Waals surface area contributed by atoms with Gasteiger partial charge in [0.1, 0.15) is 11.5 Å². The molecule has 5 rings (SSSR count). The Balaban J connectivity index is 1.36. The van der Waals surface area contributed by atoms with Crippen molar-refractivity contribution >= 4 is 29.2 Å². The van der Waals surface area contributed by atoms with Gasteiger partial charge < -0.3 is 15.1 Å². The molecule has 1 N–H and O–H groups in total. The highest BCUT2D eigenvalue weighted by Crippen LogP contribution is 2.31. The molecule has 1 aromatic heterocycles. The zero-order valence-electron chi connectivity index (χ0n) is 18.5.